The van der Waals surface area contributed by atoms with E-state index in [0.717, 1.165) is 24.3 Å². The maximum atomic E-state index is 7.42. The van der Waals surface area contributed by atoms with Crippen LogP contribution in [0.1, 0.15) is 5.56 Å². The van der Waals surface area contributed by atoms with Crippen molar-refractivity contribution in [1.29, 1.82) is 5.41 Å². The second-order valence-electron chi connectivity index (χ2n) is 3.54. The molecule has 1 aromatic rings. The molecule has 0 aliphatic carbocycles. The highest BCUT2D eigenvalue weighted by atomic mass is 35.5. The summed E-state index contributed by atoms with van der Waals surface area (Å²) in [6, 6.07) is 5.73. The summed E-state index contributed by atoms with van der Waals surface area (Å²) in [7, 11) is 0. The molecule has 0 amide bonds. The van der Waals surface area contributed by atoms with Gasteiger partial charge >= 0.3 is 0 Å². The average molecular weight is 225 g/mol. The number of fused-ring (bicyclic) bond motifs is 1. The van der Waals surface area contributed by atoms with Crippen molar-refractivity contribution in [3.05, 3.63) is 28.8 Å². The Morgan fingerprint density at radius 1 is 1.53 bits per heavy atom. The molecule has 0 saturated carbocycles. The summed E-state index contributed by atoms with van der Waals surface area (Å²) in [5, 5.41) is 11.4. The van der Waals surface area contributed by atoms with E-state index in [1.807, 2.05) is 23.1 Å². The molecule has 0 unspecified atom stereocenters. The SMILES string of the molecule is N=C(N)N1CCNc2ccc(Cl)cc2C1. The van der Waals surface area contributed by atoms with E-state index in [1.54, 1.807) is 0 Å². The molecule has 0 spiro atoms. The van der Waals surface area contributed by atoms with Gasteiger partial charge in [0, 0.05) is 30.3 Å². The Balaban J connectivity index is 2.31. The standard InChI is InChI=1S/C10H13ClN4/c11-8-1-2-9-7(5-8)6-15(10(12)13)4-3-14-9/h1-2,5,14H,3-4,6H2,(H3,12,13). The highest BCUT2D eigenvalue weighted by Gasteiger charge is 2.14. The molecule has 0 saturated heterocycles. The molecule has 1 aliphatic heterocycles. The summed E-state index contributed by atoms with van der Waals surface area (Å²) in [4.78, 5) is 1.81. The van der Waals surface area contributed by atoms with Gasteiger partial charge in [-0.1, -0.05) is 11.6 Å². The number of halogens is 1. The van der Waals surface area contributed by atoms with Crippen LogP contribution in [0, 0.1) is 5.41 Å². The van der Waals surface area contributed by atoms with Crippen LogP contribution in [0.15, 0.2) is 18.2 Å². The van der Waals surface area contributed by atoms with Crippen LogP contribution < -0.4 is 11.1 Å². The van der Waals surface area contributed by atoms with Gasteiger partial charge in [0.1, 0.15) is 0 Å². The van der Waals surface area contributed by atoms with Gasteiger partial charge in [-0.15, -0.1) is 0 Å². The minimum atomic E-state index is 0.102. The maximum Gasteiger partial charge on any atom is 0.188 e. The van der Waals surface area contributed by atoms with E-state index in [2.05, 4.69) is 5.32 Å². The molecule has 5 heteroatoms. The van der Waals surface area contributed by atoms with Gasteiger partial charge in [0.25, 0.3) is 0 Å². The fraction of sp³-hybridized carbons (Fsp3) is 0.300. The van der Waals surface area contributed by atoms with Gasteiger partial charge in [-0.25, -0.2) is 0 Å². The molecule has 2 rings (SSSR count). The molecule has 4 nitrogen and oxygen atoms in total. The lowest BCUT2D eigenvalue weighted by atomic mass is 10.2. The second kappa shape index (κ2) is 3.98. The van der Waals surface area contributed by atoms with E-state index in [9.17, 15) is 0 Å². The predicted molar refractivity (Wildman–Crippen MR) is 62.3 cm³/mol. The lowest BCUT2D eigenvalue weighted by molar-refractivity contribution is 0.428. The topological polar surface area (TPSA) is 65.1 Å². The number of benzene rings is 1. The molecule has 0 aromatic heterocycles. The molecule has 1 heterocycles. The normalized spacial score (nSPS) is 15.1. The summed E-state index contributed by atoms with van der Waals surface area (Å²) < 4.78 is 0. The Kier molecular flexibility index (Phi) is 2.68. The number of nitrogens with zero attached hydrogens (tertiary/aromatic N) is 1. The molecule has 80 valence electrons. The van der Waals surface area contributed by atoms with Crippen molar-refractivity contribution in [3.63, 3.8) is 0 Å². The summed E-state index contributed by atoms with van der Waals surface area (Å²) in [5.41, 5.74) is 7.63. The lowest BCUT2D eigenvalue weighted by Crippen LogP contribution is -2.37. The van der Waals surface area contributed by atoms with Gasteiger partial charge < -0.3 is 16.0 Å². The minimum absolute atomic E-state index is 0.102. The molecule has 1 aromatic carbocycles. The van der Waals surface area contributed by atoms with Crippen molar-refractivity contribution in [2.24, 2.45) is 5.73 Å². The summed E-state index contributed by atoms with van der Waals surface area (Å²) in [5.74, 6) is 0.102. The van der Waals surface area contributed by atoms with Crippen molar-refractivity contribution in [2.45, 2.75) is 6.54 Å². The van der Waals surface area contributed by atoms with E-state index >= 15 is 0 Å². The molecule has 4 N–H and O–H groups in total. The number of hydrogen-bond acceptors (Lipinski definition) is 2. The van der Waals surface area contributed by atoms with Crippen molar-refractivity contribution >= 4 is 23.2 Å². The van der Waals surface area contributed by atoms with Crippen molar-refractivity contribution in [3.8, 4) is 0 Å². The lowest BCUT2D eigenvalue weighted by Gasteiger charge is -2.19. The van der Waals surface area contributed by atoms with Crippen LogP contribution in [-0.2, 0) is 6.54 Å². The highest BCUT2D eigenvalue weighted by molar-refractivity contribution is 6.30. The number of rotatable bonds is 0. The molecule has 0 bridgehead atoms. The van der Waals surface area contributed by atoms with Crippen molar-refractivity contribution in [2.75, 3.05) is 18.4 Å². The summed E-state index contributed by atoms with van der Waals surface area (Å²) in [6.07, 6.45) is 0. The zero-order valence-corrected chi connectivity index (χ0v) is 9.01. The van der Waals surface area contributed by atoms with Crippen LogP contribution in [0.25, 0.3) is 0 Å². The number of nitrogens with one attached hydrogen (secondary N) is 2. The Morgan fingerprint density at radius 3 is 3.07 bits per heavy atom. The Morgan fingerprint density at radius 2 is 2.33 bits per heavy atom. The van der Waals surface area contributed by atoms with Gasteiger partial charge in [-0.05, 0) is 23.8 Å². The molecular weight excluding hydrogens is 212 g/mol. The first-order valence-corrected chi connectivity index (χ1v) is 5.16. The molecule has 0 radical (unpaired) electrons. The largest absolute Gasteiger partial charge is 0.383 e. The predicted octanol–water partition coefficient (Wildman–Crippen LogP) is 1.46. The third kappa shape index (κ3) is 2.15. The fourth-order valence-corrected chi connectivity index (χ4v) is 1.88. The first-order chi connectivity index (χ1) is 7.16. The zero-order chi connectivity index (χ0) is 10.8. The van der Waals surface area contributed by atoms with Gasteiger partial charge in [-0.2, -0.15) is 0 Å². The summed E-state index contributed by atoms with van der Waals surface area (Å²) in [6.45, 7) is 2.16. The van der Waals surface area contributed by atoms with E-state index in [4.69, 9.17) is 22.7 Å². The Hall–Kier alpha value is -1.42. The smallest absolute Gasteiger partial charge is 0.188 e. The van der Waals surface area contributed by atoms with Crippen LogP contribution in [0.3, 0.4) is 0 Å². The maximum absolute atomic E-state index is 7.42. The third-order valence-electron chi connectivity index (χ3n) is 2.47. The Labute approximate surface area is 93.5 Å². The number of anilines is 1. The van der Waals surface area contributed by atoms with E-state index < -0.39 is 0 Å². The Bertz CT molecular complexity index is 391. The van der Waals surface area contributed by atoms with E-state index in [-0.39, 0.29) is 5.96 Å². The molecule has 0 atom stereocenters. The first-order valence-electron chi connectivity index (χ1n) is 4.78. The van der Waals surface area contributed by atoms with Gasteiger partial charge in [0.05, 0.1) is 0 Å². The average Bonchev–Trinajstić information content (AvgIpc) is 2.39. The van der Waals surface area contributed by atoms with Crippen LogP contribution in [0.2, 0.25) is 5.02 Å². The fourth-order valence-electron chi connectivity index (χ4n) is 1.68. The van der Waals surface area contributed by atoms with Crippen molar-refractivity contribution < 1.29 is 0 Å². The molecule has 0 fully saturated rings. The number of hydrogen-bond donors (Lipinski definition) is 3. The number of guanidine groups is 1. The first kappa shape index (κ1) is 10.1. The van der Waals surface area contributed by atoms with Gasteiger partial charge in [0.2, 0.25) is 0 Å². The van der Waals surface area contributed by atoms with Crippen LogP contribution in [0.5, 0.6) is 0 Å². The third-order valence-corrected chi connectivity index (χ3v) is 2.70. The van der Waals surface area contributed by atoms with Crippen LogP contribution in [0.4, 0.5) is 5.69 Å². The van der Waals surface area contributed by atoms with E-state index in [1.165, 1.54) is 0 Å². The quantitative estimate of drug-likeness (QED) is 0.462. The second-order valence-corrected chi connectivity index (χ2v) is 3.97. The number of nitrogens with two attached hydrogens (primary N) is 1. The van der Waals surface area contributed by atoms with Gasteiger partial charge in [0.15, 0.2) is 5.96 Å². The summed E-state index contributed by atoms with van der Waals surface area (Å²) >= 11 is 5.93. The van der Waals surface area contributed by atoms with E-state index in [0.29, 0.717) is 11.6 Å². The molecule has 15 heavy (non-hydrogen) atoms. The van der Waals surface area contributed by atoms with Crippen molar-refractivity contribution in [1.82, 2.24) is 4.90 Å². The minimum Gasteiger partial charge on any atom is -0.383 e. The van der Waals surface area contributed by atoms with Crippen LogP contribution in [-0.4, -0.2) is 23.9 Å². The zero-order valence-electron chi connectivity index (χ0n) is 8.26. The van der Waals surface area contributed by atoms with Crippen LogP contribution >= 0.6 is 11.6 Å². The molecular formula is C10H13ClN4. The molecule has 1 aliphatic rings. The van der Waals surface area contributed by atoms with Gasteiger partial charge in [-0.3, -0.25) is 5.41 Å². The monoisotopic (exact) mass is 224 g/mol. The highest BCUT2D eigenvalue weighted by Crippen LogP contribution is 2.23.